The zero-order chi connectivity index (χ0) is 18.7. The Morgan fingerprint density at radius 3 is 2.77 bits per heavy atom. The molecule has 0 fully saturated rings. The zero-order valence-corrected chi connectivity index (χ0v) is 15.3. The molecule has 0 spiro atoms. The van der Waals surface area contributed by atoms with Gasteiger partial charge in [0.15, 0.2) is 0 Å². The second-order valence-corrected chi connectivity index (χ2v) is 6.17. The molecule has 3 heterocycles. The van der Waals surface area contributed by atoms with Crippen LogP contribution in [0, 0.1) is 12.9 Å². The molecule has 1 unspecified atom stereocenters. The van der Waals surface area contributed by atoms with Gasteiger partial charge in [-0.2, -0.15) is 4.39 Å². The summed E-state index contributed by atoms with van der Waals surface area (Å²) in [6.07, 6.45) is 5.93. The van der Waals surface area contributed by atoms with Gasteiger partial charge in [0.05, 0.1) is 11.4 Å². The van der Waals surface area contributed by atoms with Gasteiger partial charge in [0.2, 0.25) is 5.95 Å². The van der Waals surface area contributed by atoms with Crippen molar-refractivity contribution in [3.63, 3.8) is 0 Å². The predicted octanol–water partition coefficient (Wildman–Crippen LogP) is 2.87. The molecule has 0 saturated heterocycles. The summed E-state index contributed by atoms with van der Waals surface area (Å²) in [5.41, 5.74) is 1.84. The van der Waals surface area contributed by atoms with Crippen LogP contribution in [0.2, 0.25) is 0 Å². The normalized spacial score (nSPS) is 16.8. The van der Waals surface area contributed by atoms with Crippen LogP contribution in [-0.2, 0) is 0 Å². The zero-order valence-electron chi connectivity index (χ0n) is 15.3. The Labute approximate surface area is 152 Å². The van der Waals surface area contributed by atoms with Gasteiger partial charge in [0.25, 0.3) is 0 Å². The fourth-order valence-electron chi connectivity index (χ4n) is 3.17. The SMILES string of the molecule is CCN(CC)C(=O)N1C=CC(c2nnn(-c3cccnc3F)c2C)CC1. The molecule has 7 nitrogen and oxygen atoms in total. The maximum atomic E-state index is 13.9. The summed E-state index contributed by atoms with van der Waals surface area (Å²) in [5.74, 6) is -0.536. The Morgan fingerprint density at radius 1 is 1.38 bits per heavy atom. The molecule has 8 heteroatoms. The largest absolute Gasteiger partial charge is 0.325 e. The molecular weight excluding hydrogens is 335 g/mol. The lowest BCUT2D eigenvalue weighted by Crippen LogP contribution is -2.42. The van der Waals surface area contributed by atoms with E-state index >= 15 is 0 Å². The smallest absolute Gasteiger partial charge is 0.323 e. The number of carbonyl (C=O) groups excluding carboxylic acids is 1. The summed E-state index contributed by atoms with van der Waals surface area (Å²) in [6, 6.07) is 3.30. The minimum absolute atomic E-state index is 0.0162. The second kappa shape index (κ2) is 7.63. The second-order valence-electron chi connectivity index (χ2n) is 6.17. The fourth-order valence-corrected chi connectivity index (χ4v) is 3.17. The first-order chi connectivity index (χ1) is 12.6. The van der Waals surface area contributed by atoms with Gasteiger partial charge in [-0.25, -0.2) is 14.5 Å². The number of hydrogen-bond acceptors (Lipinski definition) is 4. The summed E-state index contributed by atoms with van der Waals surface area (Å²) in [7, 11) is 0. The lowest BCUT2D eigenvalue weighted by Gasteiger charge is -2.30. The summed E-state index contributed by atoms with van der Waals surface area (Å²) >= 11 is 0. The van der Waals surface area contributed by atoms with Crippen LogP contribution >= 0.6 is 0 Å². The van der Waals surface area contributed by atoms with E-state index in [2.05, 4.69) is 15.3 Å². The van der Waals surface area contributed by atoms with Crippen LogP contribution in [0.3, 0.4) is 0 Å². The molecule has 138 valence electrons. The first kappa shape index (κ1) is 18.0. The highest BCUT2D eigenvalue weighted by molar-refractivity contribution is 5.75. The molecule has 26 heavy (non-hydrogen) atoms. The van der Waals surface area contributed by atoms with Crippen molar-refractivity contribution >= 4 is 6.03 Å². The van der Waals surface area contributed by atoms with Crippen LogP contribution in [0.15, 0.2) is 30.6 Å². The quantitative estimate of drug-likeness (QED) is 0.788. The molecule has 1 aliphatic rings. The molecule has 1 aliphatic heterocycles. The molecule has 0 aromatic carbocycles. The van der Waals surface area contributed by atoms with Crippen LogP contribution in [0.5, 0.6) is 0 Å². The Bertz CT molecular complexity index is 814. The average molecular weight is 358 g/mol. The van der Waals surface area contributed by atoms with Gasteiger partial charge in [0.1, 0.15) is 5.69 Å². The maximum absolute atomic E-state index is 13.9. The van der Waals surface area contributed by atoms with E-state index in [0.29, 0.717) is 19.6 Å². The Balaban J connectivity index is 1.79. The number of carbonyl (C=O) groups is 1. The van der Waals surface area contributed by atoms with Gasteiger partial charge in [0, 0.05) is 37.9 Å². The number of aromatic nitrogens is 4. The topological polar surface area (TPSA) is 67.2 Å². The van der Waals surface area contributed by atoms with Gasteiger partial charge in [-0.05, 0) is 39.3 Å². The van der Waals surface area contributed by atoms with E-state index in [4.69, 9.17) is 0 Å². The number of nitrogens with zero attached hydrogens (tertiary/aromatic N) is 6. The van der Waals surface area contributed by atoms with E-state index in [9.17, 15) is 9.18 Å². The highest BCUT2D eigenvalue weighted by Crippen LogP contribution is 2.27. The van der Waals surface area contributed by atoms with E-state index in [-0.39, 0.29) is 17.6 Å². The van der Waals surface area contributed by atoms with Crippen molar-refractivity contribution in [2.45, 2.75) is 33.1 Å². The van der Waals surface area contributed by atoms with Crippen molar-refractivity contribution < 1.29 is 9.18 Å². The van der Waals surface area contributed by atoms with Crippen molar-refractivity contribution in [2.75, 3.05) is 19.6 Å². The molecule has 0 radical (unpaired) electrons. The predicted molar refractivity (Wildman–Crippen MR) is 95.4 cm³/mol. The lowest BCUT2D eigenvalue weighted by molar-refractivity contribution is 0.171. The molecule has 2 aromatic heterocycles. The van der Waals surface area contributed by atoms with Crippen molar-refractivity contribution in [3.8, 4) is 5.69 Å². The van der Waals surface area contributed by atoms with Crippen molar-refractivity contribution in [1.82, 2.24) is 29.8 Å². The Hall–Kier alpha value is -2.77. The number of pyridine rings is 1. The summed E-state index contributed by atoms with van der Waals surface area (Å²) in [4.78, 5) is 19.6. The molecule has 1 atom stereocenters. The molecule has 0 saturated carbocycles. The van der Waals surface area contributed by atoms with Crippen LogP contribution in [-0.4, -0.2) is 55.4 Å². The van der Waals surface area contributed by atoms with Crippen LogP contribution in [0.1, 0.15) is 37.6 Å². The minimum Gasteiger partial charge on any atom is -0.325 e. The third-order valence-corrected chi connectivity index (χ3v) is 4.71. The van der Waals surface area contributed by atoms with Crippen molar-refractivity contribution in [1.29, 1.82) is 0 Å². The average Bonchev–Trinajstić information content (AvgIpc) is 3.04. The third-order valence-electron chi connectivity index (χ3n) is 4.71. The number of allylic oxidation sites excluding steroid dienone is 1. The van der Waals surface area contributed by atoms with Gasteiger partial charge in [-0.3, -0.25) is 0 Å². The van der Waals surface area contributed by atoms with Crippen LogP contribution in [0.25, 0.3) is 5.69 Å². The van der Waals surface area contributed by atoms with Crippen LogP contribution < -0.4 is 0 Å². The molecular formula is C18H23FN6O. The number of hydrogen-bond donors (Lipinski definition) is 0. The Morgan fingerprint density at radius 2 is 2.15 bits per heavy atom. The number of urea groups is 1. The van der Waals surface area contributed by atoms with Gasteiger partial charge < -0.3 is 9.80 Å². The third kappa shape index (κ3) is 3.31. The molecule has 0 N–H and O–H groups in total. The van der Waals surface area contributed by atoms with Gasteiger partial charge >= 0.3 is 6.03 Å². The minimum atomic E-state index is -0.581. The molecule has 0 bridgehead atoms. The van der Waals surface area contributed by atoms with E-state index < -0.39 is 5.95 Å². The number of amides is 2. The summed E-state index contributed by atoms with van der Waals surface area (Å²) in [5, 5.41) is 8.34. The van der Waals surface area contributed by atoms with E-state index in [0.717, 1.165) is 17.8 Å². The molecule has 2 amide bonds. The first-order valence-corrected chi connectivity index (χ1v) is 8.83. The lowest BCUT2D eigenvalue weighted by atomic mass is 9.97. The van der Waals surface area contributed by atoms with Crippen LogP contribution in [0.4, 0.5) is 9.18 Å². The Kier molecular flexibility index (Phi) is 5.29. The highest BCUT2D eigenvalue weighted by Gasteiger charge is 2.25. The van der Waals surface area contributed by atoms with Crippen molar-refractivity contribution in [3.05, 3.63) is 47.9 Å². The molecule has 0 aliphatic carbocycles. The fraction of sp³-hybridized carbons (Fsp3) is 0.444. The standard InChI is InChI=1S/C18H23FN6O/c1-4-23(5-2)18(26)24-11-8-14(9-12-24)16-13(3)25(22-21-16)15-7-6-10-20-17(15)19/h6-8,10-11,14H,4-5,9,12H2,1-3H3. The van der Waals surface area contributed by atoms with Gasteiger partial charge in [-0.15, -0.1) is 5.10 Å². The number of rotatable bonds is 4. The summed E-state index contributed by atoms with van der Waals surface area (Å²) in [6.45, 7) is 7.79. The maximum Gasteiger partial charge on any atom is 0.323 e. The number of halogens is 1. The van der Waals surface area contributed by atoms with Crippen molar-refractivity contribution in [2.24, 2.45) is 0 Å². The molecule has 2 aromatic rings. The molecule has 3 rings (SSSR count). The highest BCUT2D eigenvalue weighted by atomic mass is 19.1. The monoisotopic (exact) mass is 358 g/mol. The van der Waals surface area contributed by atoms with E-state index in [1.54, 1.807) is 21.9 Å². The van der Waals surface area contributed by atoms with E-state index in [1.165, 1.54) is 10.9 Å². The van der Waals surface area contributed by atoms with Gasteiger partial charge in [-0.1, -0.05) is 11.3 Å². The summed E-state index contributed by atoms with van der Waals surface area (Å²) < 4.78 is 15.4. The van der Waals surface area contributed by atoms with E-state index in [1.807, 2.05) is 33.0 Å². The first-order valence-electron chi connectivity index (χ1n) is 8.83.